The van der Waals surface area contributed by atoms with Gasteiger partial charge in [-0.2, -0.15) is 0 Å². The van der Waals surface area contributed by atoms with Crippen molar-refractivity contribution in [3.05, 3.63) is 69.1 Å². The maximum atomic E-state index is 12.1. The van der Waals surface area contributed by atoms with E-state index in [0.29, 0.717) is 30.1 Å². The number of benzene rings is 1. The largest absolute Gasteiger partial charge is 0.772 e. The maximum absolute atomic E-state index is 12.1. The molecule has 3 rings (SSSR count). The molecule has 1 aliphatic rings. The van der Waals surface area contributed by atoms with Crippen molar-refractivity contribution in [2.75, 3.05) is 0 Å². The highest BCUT2D eigenvalue weighted by Gasteiger charge is 2.27. The lowest BCUT2D eigenvalue weighted by molar-refractivity contribution is -0.117. The van der Waals surface area contributed by atoms with E-state index in [9.17, 15) is 18.4 Å². The number of hydrogen-bond acceptors (Lipinski definition) is 4. The Morgan fingerprint density at radius 3 is 2.50 bits per heavy atom. The van der Waals surface area contributed by atoms with Crippen molar-refractivity contribution in [2.45, 2.75) is 44.3 Å². The lowest BCUT2D eigenvalue weighted by atomic mass is 9.85. The van der Waals surface area contributed by atoms with E-state index >= 15 is 0 Å². The first kappa shape index (κ1) is 18.7. The van der Waals surface area contributed by atoms with Crippen molar-refractivity contribution in [1.82, 2.24) is 4.98 Å². The molecule has 0 saturated heterocycles. The molecule has 0 aliphatic heterocycles. The Hall–Kier alpha value is -2.05. The number of pyridine rings is 1. The van der Waals surface area contributed by atoms with Crippen LogP contribution >= 0.6 is 0 Å². The van der Waals surface area contributed by atoms with Gasteiger partial charge in [0.1, 0.15) is 5.78 Å². The highest BCUT2D eigenvalue weighted by Crippen LogP contribution is 2.36. The van der Waals surface area contributed by atoms with Gasteiger partial charge in [0.05, 0.1) is 0 Å². The number of rotatable bonds is 6. The van der Waals surface area contributed by atoms with Crippen molar-refractivity contribution >= 4 is 16.9 Å². The van der Waals surface area contributed by atoms with Gasteiger partial charge in [0, 0.05) is 35.8 Å². The van der Waals surface area contributed by atoms with Crippen LogP contribution < -0.4 is 5.56 Å². The molecule has 1 aromatic carbocycles. The first-order valence-electron chi connectivity index (χ1n) is 8.78. The highest BCUT2D eigenvalue weighted by atomic mass is 32.2. The summed E-state index contributed by atoms with van der Waals surface area (Å²) in [6, 6.07) is 11.2. The van der Waals surface area contributed by atoms with Gasteiger partial charge < -0.3 is 9.54 Å². The van der Waals surface area contributed by atoms with Crippen molar-refractivity contribution in [1.29, 1.82) is 0 Å². The number of nitrogens with one attached hydrogen (secondary N) is 1. The number of H-pyrrole nitrogens is 1. The Balaban J connectivity index is 1.91. The van der Waals surface area contributed by atoms with E-state index in [-0.39, 0.29) is 17.2 Å². The van der Waals surface area contributed by atoms with Crippen molar-refractivity contribution in [2.24, 2.45) is 5.92 Å². The van der Waals surface area contributed by atoms with E-state index in [1.54, 1.807) is 6.92 Å². The second kappa shape index (κ2) is 8.10. The maximum Gasteiger partial charge on any atom is 0.251 e. The lowest BCUT2D eigenvalue weighted by Gasteiger charge is -2.21. The predicted molar refractivity (Wildman–Crippen MR) is 99.7 cm³/mol. The van der Waals surface area contributed by atoms with Crippen molar-refractivity contribution in [3.8, 4) is 0 Å². The lowest BCUT2D eigenvalue weighted by Crippen LogP contribution is -2.16. The van der Waals surface area contributed by atoms with E-state index < -0.39 is 11.1 Å². The van der Waals surface area contributed by atoms with E-state index in [0.717, 1.165) is 29.7 Å². The summed E-state index contributed by atoms with van der Waals surface area (Å²) in [6.45, 7) is 1.77. The van der Waals surface area contributed by atoms with Crippen LogP contribution in [0.1, 0.15) is 54.0 Å². The second-order valence-electron chi connectivity index (χ2n) is 7.05. The Labute approximate surface area is 155 Å². The van der Waals surface area contributed by atoms with E-state index in [2.05, 4.69) is 4.98 Å². The van der Waals surface area contributed by atoms with Gasteiger partial charge in [-0.25, -0.2) is 0 Å². The molecule has 1 heterocycles. The van der Waals surface area contributed by atoms with E-state index in [4.69, 9.17) is 0 Å². The fourth-order valence-electron chi connectivity index (χ4n) is 3.62. The average molecular weight is 372 g/mol. The Morgan fingerprint density at radius 2 is 1.92 bits per heavy atom. The summed E-state index contributed by atoms with van der Waals surface area (Å²) >= 11 is -2.12. The van der Waals surface area contributed by atoms with Gasteiger partial charge in [0.15, 0.2) is 0 Å². The third kappa shape index (κ3) is 4.56. The average Bonchev–Trinajstić information content (AvgIpc) is 3.01. The smallest absolute Gasteiger partial charge is 0.251 e. The van der Waals surface area contributed by atoms with Crippen LogP contribution in [0.2, 0.25) is 0 Å². The Bertz CT molecular complexity index is 872. The number of Topliss-reactive ketones (excluding diaryl/α,β-unsaturated/α-hetero) is 1. The van der Waals surface area contributed by atoms with Crippen LogP contribution in [0.15, 0.2) is 41.2 Å². The minimum Gasteiger partial charge on any atom is -0.772 e. The summed E-state index contributed by atoms with van der Waals surface area (Å²) in [5.41, 5.74) is 3.14. The molecule has 6 heteroatoms. The summed E-state index contributed by atoms with van der Waals surface area (Å²) in [6.07, 6.45) is 2.91. The first-order valence-corrected chi connectivity index (χ1v) is 10.0. The van der Waals surface area contributed by atoms with E-state index in [1.807, 2.05) is 36.4 Å². The molecule has 1 aromatic heterocycles. The molecule has 1 N–H and O–H groups in total. The van der Waals surface area contributed by atoms with Crippen LogP contribution in [-0.2, 0) is 21.6 Å². The van der Waals surface area contributed by atoms with Gasteiger partial charge in [-0.3, -0.25) is 13.8 Å². The molecule has 0 radical (unpaired) electrons. The van der Waals surface area contributed by atoms with Gasteiger partial charge in [0.25, 0.3) is 5.56 Å². The first-order chi connectivity index (χ1) is 12.4. The molecule has 0 bridgehead atoms. The predicted octanol–water partition coefficient (Wildman–Crippen LogP) is 2.95. The zero-order valence-corrected chi connectivity index (χ0v) is 15.5. The van der Waals surface area contributed by atoms with Gasteiger partial charge in [-0.15, -0.1) is 0 Å². The quantitative estimate of drug-likeness (QED) is 0.790. The molecule has 0 spiro atoms. The molecule has 138 valence electrons. The topological polar surface area (TPSA) is 90.1 Å². The molecule has 1 saturated carbocycles. The Morgan fingerprint density at radius 1 is 1.19 bits per heavy atom. The molecule has 2 unspecified atom stereocenters. The number of aryl methyl sites for hydroxylation is 1. The summed E-state index contributed by atoms with van der Waals surface area (Å²) in [4.78, 5) is 26.7. The van der Waals surface area contributed by atoms with Crippen LogP contribution in [0.3, 0.4) is 0 Å². The van der Waals surface area contributed by atoms with Crippen LogP contribution in [0, 0.1) is 12.8 Å². The summed E-state index contributed by atoms with van der Waals surface area (Å²) in [7, 11) is 0. The number of aromatic amines is 1. The summed E-state index contributed by atoms with van der Waals surface area (Å²) in [5.74, 6) is 0.584. The molecular formula is C20H22NO4S-. The van der Waals surface area contributed by atoms with Crippen LogP contribution in [-0.4, -0.2) is 19.5 Å². The monoisotopic (exact) mass is 372 g/mol. The Kier molecular flexibility index (Phi) is 5.84. The molecular weight excluding hydrogens is 350 g/mol. The summed E-state index contributed by atoms with van der Waals surface area (Å²) < 4.78 is 21.7. The molecule has 5 nitrogen and oxygen atoms in total. The van der Waals surface area contributed by atoms with Gasteiger partial charge in [-0.05, 0) is 42.9 Å². The standard InChI is InChI=1S/C20H23NO4S/c1-13-2-9-19(21-20(13)23)18(11-15-5-8-17(22)10-15)16-6-3-14(4-7-16)12-26(24)25/h2-4,6-7,9,15,18H,5,8,10-12H2,1H3,(H,21,23)(H,24,25)/p-1/t15-,18?/m0/s1. The third-order valence-electron chi connectivity index (χ3n) is 5.09. The van der Waals surface area contributed by atoms with Crippen molar-refractivity contribution in [3.63, 3.8) is 0 Å². The number of hydrogen-bond donors (Lipinski definition) is 1. The zero-order chi connectivity index (χ0) is 18.7. The van der Waals surface area contributed by atoms with Crippen molar-refractivity contribution < 1.29 is 13.6 Å². The highest BCUT2D eigenvalue weighted by molar-refractivity contribution is 7.78. The molecule has 0 amide bonds. The minimum atomic E-state index is -2.12. The molecule has 2 aromatic rings. The third-order valence-corrected chi connectivity index (χ3v) is 5.66. The number of carbonyl (C=O) groups is 1. The number of ketones is 1. The fourth-order valence-corrected chi connectivity index (χ4v) is 4.08. The normalized spacial score (nSPS) is 19.5. The van der Waals surface area contributed by atoms with Crippen LogP contribution in [0.5, 0.6) is 0 Å². The van der Waals surface area contributed by atoms with E-state index in [1.165, 1.54) is 0 Å². The van der Waals surface area contributed by atoms with Gasteiger partial charge in [-0.1, -0.05) is 41.4 Å². The van der Waals surface area contributed by atoms with Crippen LogP contribution in [0.25, 0.3) is 0 Å². The molecule has 1 fully saturated rings. The summed E-state index contributed by atoms with van der Waals surface area (Å²) in [5, 5.41) is 0. The molecule has 1 aliphatic carbocycles. The number of carbonyl (C=O) groups excluding carboxylic acids is 1. The molecule has 26 heavy (non-hydrogen) atoms. The fraction of sp³-hybridized carbons (Fsp3) is 0.400. The second-order valence-corrected chi connectivity index (χ2v) is 7.95. The SMILES string of the molecule is Cc1ccc(C(C[C@H]2CCC(=O)C2)c2ccc(CS(=O)[O-])cc2)[nH]c1=O. The van der Waals surface area contributed by atoms with Gasteiger partial charge in [0.2, 0.25) is 0 Å². The van der Waals surface area contributed by atoms with Crippen LogP contribution in [0.4, 0.5) is 0 Å². The zero-order valence-electron chi connectivity index (χ0n) is 14.7. The number of aromatic nitrogens is 1. The minimum absolute atomic E-state index is 0.0105. The molecule has 3 atom stereocenters. The van der Waals surface area contributed by atoms with Gasteiger partial charge >= 0.3 is 0 Å².